The van der Waals surface area contributed by atoms with Crippen LogP contribution in [-0.4, -0.2) is 16.9 Å². The van der Waals surface area contributed by atoms with Crippen molar-refractivity contribution >= 4 is 50.1 Å². The molecule has 0 atom stereocenters. The number of ether oxygens (including phenoxy) is 1. The first kappa shape index (κ1) is 17.8. The van der Waals surface area contributed by atoms with Crippen molar-refractivity contribution in [3.05, 3.63) is 102 Å². The minimum atomic E-state index is -0.448. The highest BCUT2D eigenvalue weighted by molar-refractivity contribution is 8.09. The largest absolute Gasteiger partial charge is 0.402 e. The molecular formula is C23H14N2O2S2. The summed E-state index contributed by atoms with van der Waals surface area (Å²) < 4.78 is 7.44. The van der Waals surface area contributed by atoms with E-state index < -0.39 is 5.97 Å². The summed E-state index contributed by atoms with van der Waals surface area (Å²) in [7, 11) is 0. The van der Waals surface area contributed by atoms with Gasteiger partial charge in [-0.2, -0.15) is 0 Å². The Hall–Kier alpha value is -3.22. The number of esters is 1. The van der Waals surface area contributed by atoms with E-state index in [1.165, 1.54) is 11.8 Å². The number of aromatic nitrogens is 1. The maximum absolute atomic E-state index is 12.7. The second-order valence-corrected chi connectivity index (χ2v) is 8.55. The van der Waals surface area contributed by atoms with Gasteiger partial charge in [0.1, 0.15) is 0 Å². The van der Waals surface area contributed by atoms with E-state index in [1.807, 2.05) is 84.9 Å². The van der Waals surface area contributed by atoms with Crippen LogP contribution in [0.1, 0.15) is 11.1 Å². The molecule has 0 amide bonds. The minimum absolute atomic E-state index is 0.305. The summed E-state index contributed by atoms with van der Waals surface area (Å²) in [5.41, 5.74) is 2.93. The van der Waals surface area contributed by atoms with Crippen molar-refractivity contribution in [1.29, 1.82) is 0 Å². The van der Waals surface area contributed by atoms with E-state index in [-0.39, 0.29) is 0 Å². The molecule has 0 N–H and O–H groups in total. The Labute approximate surface area is 175 Å². The molecule has 1 aliphatic rings. The normalized spacial score (nSPS) is 15.3. The summed E-state index contributed by atoms with van der Waals surface area (Å²) in [4.78, 5) is 22.7. The summed E-state index contributed by atoms with van der Waals surface area (Å²) >= 11 is 3.04. The zero-order valence-electron chi connectivity index (χ0n) is 15.1. The molecule has 1 aromatic heterocycles. The van der Waals surface area contributed by atoms with Gasteiger partial charge in [-0.3, -0.25) is 0 Å². The molecule has 0 spiro atoms. The van der Waals surface area contributed by atoms with Crippen LogP contribution in [0.15, 0.2) is 100.0 Å². The van der Waals surface area contributed by atoms with Gasteiger partial charge >= 0.3 is 5.97 Å². The van der Waals surface area contributed by atoms with E-state index in [9.17, 15) is 4.79 Å². The highest BCUT2D eigenvalue weighted by Gasteiger charge is 2.29. The zero-order chi connectivity index (χ0) is 19.6. The van der Waals surface area contributed by atoms with Crippen LogP contribution in [0.3, 0.4) is 0 Å². The lowest BCUT2D eigenvalue weighted by Crippen LogP contribution is -2.05. The second kappa shape index (κ2) is 7.66. The number of nitrogens with zero attached hydrogens (tertiary/aromatic N) is 2. The van der Waals surface area contributed by atoms with Gasteiger partial charge in [-0.15, -0.1) is 11.3 Å². The van der Waals surface area contributed by atoms with Crippen LogP contribution >= 0.6 is 23.1 Å². The molecule has 0 fully saturated rings. The second-order valence-electron chi connectivity index (χ2n) is 6.27. The Morgan fingerprint density at radius 2 is 1.55 bits per heavy atom. The number of aliphatic imine (C=N–C) groups is 1. The lowest BCUT2D eigenvalue weighted by molar-refractivity contribution is -0.129. The van der Waals surface area contributed by atoms with Crippen molar-refractivity contribution in [3.8, 4) is 0 Å². The predicted molar refractivity (Wildman–Crippen MR) is 118 cm³/mol. The highest BCUT2D eigenvalue weighted by atomic mass is 32.2. The maximum Gasteiger partial charge on any atom is 0.365 e. The van der Waals surface area contributed by atoms with Crippen molar-refractivity contribution in [1.82, 2.24) is 4.98 Å². The quantitative estimate of drug-likeness (QED) is 0.242. The maximum atomic E-state index is 12.7. The molecule has 6 heteroatoms. The molecule has 0 saturated heterocycles. The van der Waals surface area contributed by atoms with Crippen LogP contribution in [0, 0.1) is 0 Å². The number of rotatable bonds is 4. The van der Waals surface area contributed by atoms with Crippen molar-refractivity contribution < 1.29 is 9.53 Å². The van der Waals surface area contributed by atoms with Crippen molar-refractivity contribution in [2.24, 2.45) is 4.99 Å². The summed E-state index contributed by atoms with van der Waals surface area (Å²) in [6, 6.07) is 27.2. The first-order valence-corrected chi connectivity index (χ1v) is 10.6. The van der Waals surface area contributed by atoms with Crippen LogP contribution in [-0.2, 0) is 9.53 Å². The Kier molecular flexibility index (Phi) is 4.71. The van der Waals surface area contributed by atoms with Gasteiger partial charge in [-0.05, 0) is 29.8 Å². The third-order valence-electron chi connectivity index (χ3n) is 4.33. The molecule has 0 unspecified atom stereocenters. The number of hydrogen-bond acceptors (Lipinski definition) is 6. The number of thiazole rings is 1. The first-order valence-electron chi connectivity index (χ1n) is 8.97. The van der Waals surface area contributed by atoms with E-state index in [0.717, 1.165) is 30.6 Å². The van der Waals surface area contributed by atoms with E-state index in [4.69, 9.17) is 9.72 Å². The summed E-state index contributed by atoms with van der Waals surface area (Å²) in [5.74, 6) is -0.125. The average Bonchev–Trinajstić information content (AvgIpc) is 3.36. The number of para-hydroxylation sites is 1. The molecule has 1 aliphatic heterocycles. The van der Waals surface area contributed by atoms with Crippen LogP contribution in [0.2, 0.25) is 0 Å². The Morgan fingerprint density at radius 3 is 2.31 bits per heavy atom. The number of thioether (sulfide) groups is 1. The Bertz CT molecular complexity index is 1230. The number of hydrogen-bond donors (Lipinski definition) is 0. The van der Waals surface area contributed by atoms with Crippen LogP contribution in [0.25, 0.3) is 15.1 Å². The molecule has 0 radical (unpaired) electrons. The lowest BCUT2D eigenvalue weighted by Gasteiger charge is -2.06. The van der Waals surface area contributed by atoms with E-state index >= 15 is 0 Å². The van der Waals surface area contributed by atoms with Crippen LogP contribution in [0.5, 0.6) is 0 Å². The number of carbonyl (C=O) groups is 1. The molecule has 2 heterocycles. The van der Waals surface area contributed by atoms with Crippen LogP contribution in [0.4, 0.5) is 0 Å². The average molecular weight is 415 g/mol. The van der Waals surface area contributed by atoms with Crippen molar-refractivity contribution in [3.63, 3.8) is 0 Å². The minimum Gasteiger partial charge on any atom is -0.402 e. The van der Waals surface area contributed by atoms with Gasteiger partial charge in [-0.25, -0.2) is 14.8 Å². The van der Waals surface area contributed by atoms with Gasteiger partial charge in [-0.1, -0.05) is 72.4 Å². The molecule has 29 heavy (non-hydrogen) atoms. The third kappa shape index (κ3) is 3.60. The smallest absolute Gasteiger partial charge is 0.365 e. The number of cyclic esters (lactones) is 1. The highest BCUT2D eigenvalue weighted by Crippen LogP contribution is 2.41. The van der Waals surface area contributed by atoms with Crippen molar-refractivity contribution in [2.75, 3.05) is 0 Å². The zero-order valence-corrected chi connectivity index (χ0v) is 16.7. The molecule has 5 rings (SSSR count). The standard InChI is InChI=1S/C23H14N2O2S2/c26-22-19(25-21(27-22)16-11-5-2-6-12-16)20(15-9-3-1-4-10-15)29-23-24-17-13-7-8-14-18(17)28-23/h1-14H. The third-order valence-corrected chi connectivity index (χ3v) is 6.56. The lowest BCUT2D eigenvalue weighted by atomic mass is 10.2. The Morgan fingerprint density at radius 1 is 0.862 bits per heavy atom. The topological polar surface area (TPSA) is 51.5 Å². The van der Waals surface area contributed by atoms with Gasteiger partial charge in [0.25, 0.3) is 0 Å². The number of benzene rings is 3. The molecule has 4 aromatic rings. The van der Waals surface area contributed by atoms with Gasteiger partial charge in [0.05, 0.1) is 15.1 Å². The van der Waals surface area contributed by atoms with Gasteiger partial charge in [0.15, 0.2) is 10.0 Å². The summed E-state index contributed by atoms with van der Waals surface area (Å²) in [5, 5.41) is 0. The molecule has 0 aliphatic carbocycles. The van der Waals surface area contributed by atoms with Gasteiger partial charge in [0, 0.05) is 5.56 Å². The Balaban J connectivity index is 1.62. The first-order chi connectivity index (χ1) is 14.3. The summed E-state index contributed by atoms with van der Waals surface area (Å²) in [6.45, 7) is 0. The van der Waals surface area contributed by atoms with E-state index in [1.54, 1.807) is 11.3 Å². The molecule has 3 aromatic carbocycles. The number of fused-ring (bicyclic) bond motifs is 1. The van der Waals surface area contributed by atoms with E-state index in [0.29, 0.717) is 11.6 Å². The molecule has 140 valence electrons. The van der Waals surface area contributed by atoms with Crippen LogP contribution < -0.4 is 0 Å². The molecule has 4 nitrogen and oxygen atoms in total. The molecular weight excluding hydrogens is 400 g/mol. The molecule has 0 bridgehead atoms. The molecule has 0 saturated carbocycles. The fourth-order valence-electron chi connectivity index (χ4n) is 2.97. The monoisotopic (exact) mass is 414 g/mol. The predicted octanol–water partition coefficient (Wildman–Crippen LogP) is 5.76. The van der Waals surface area contributed by atoms with Gasteiger partial charge < -0.3 is 4.74 Å². The van der Waals surface area contributed by atoms with Gasteiger partial charge in [0.2, 0.25) is 5.90 Å². The summed E-state index contributed by atoms with van der Waals surface area (Å²) in [6.07, 6.45) is 0. The fourth-order valence-corrected chi connectivity index (χ4v) is 5.15. The SMILES string of the molecule is O=C1OC(c2ccccc2)=NC1=C(Sc1nc2ccccc2s1)c1ccccc1. The number of carbonyl (C=O) groups excluding carboxylic acids is 1. The van der Waals surface area contributed by atoms with Crippen molar-refractivity contribution in [2.45, 2.75) is 4.34 Å². The van der Waals surface area contributed by atoms with E-state index in [2.05, 4.69) is 4.99 Å². The fraction of sp³-hybridized carbons (Fsp3) is 0.